The van der Waals surface area contributed by atoms with Crippen molar-refractivity contribution in [3.63, 3.8) is 0 Å². The SMILES string of the molecule is O=C(CN1CC2(CNC2)C1)c1ccccc1. The van der Waals surface area contributed by atoms with Gasteiger partial charge in [-0.3, -0.25) is 9.69 Å². The van der Waals surface area contributed by atoms with Crippen molar-refractivity contribution in [2.75, 3.05) is 32.7 Å². The van der Waals surface area contributed by atoms with Crippen LogP contribution >= 0.6 is 0 Å². The maximum atomic E-state index is 11.9. The summed E-state index contributed by atoms with van der Waals surface area (Å²) in [7, 11) is 0. The molecule has 2 fully saturated rings. The molecule has 16 heavy (non-hydrogen) atoms. The number of benzene rings is 1. The summed E-state index contributed by atoms with van der Waals surface area (Å²) in [6.07, 6.45) is 0. The van der Waals surface area contributed by atoms with E-state index in [-0.39, 0.29) is 5.78 Å². The van der Waals surface area contributed by atoms with Gasteiger partial charge in [-0.25, -0.2) is 0 Å². The van der Waals surface area contributed by atoms with Crippen molar-refractivity contribution in [1.29, 1.82) is 0 Å². The van der Waals surface area contributed by atoms with Crippen LogP contribution in [0.2, 0.25) is 0 Å². The molecule has 2 heterocycles. The molecule has 1 spiro atoms. The van der Waals surface area contributed by atoms with E-state index in [0.717, 1.165) is 31.7 Å². The van der Waals surface area contributed by atoms with Crippen molar-refractivity contribution in [3.05, 3.63) is 35.9 Å². The first-order valence-corrected chi connectivity index (χ1v) is 5.79. The second-order valence-electron chi connectivity index (χ2n) is 5.04. The molecule has 0 bridgehead atoms. The van der Waals surface area contributed by atoms with Crippen LogP contribution in [0.25, 0.3) is 0 Å². The van der Waals surface area contributed by atoms with Gasteiger partial charge in [-0.05, 0) is 0 Å². The van der Waals surface area contributed by atoms with E-state index in [9.17, 15) is 4.79 Å². The van der Waals surface area contributed by atoms with Gasteiger partial charge in [-0.1, -0.05) is 30.3 Å². The highest BCUT2D eigenvalue weighted by Gasteiger charge is 2.47. The molecule has 0 aliphatic carbocycles. The van der Waals surface area contributed by atoms with Gasteiger partial charge in [0.05, 0.1) is 6.54 Å². The Morgan fingerprint density at radius 1 is 1.25 bits per heavy atom. The van der Waals surface area contributed by atoms with E-state index in [4.69, 9.17) is 0 Å². The van der Waals surface area contributed by atoms with E-state index < -0.39 is 0 Å². The van der Waals surface area contributed by atoms with Crippen molar-refractivity contribution in [1.82, 2.24) is 10.2 Å². The van der Waals surface area contributed by atoms with Gasteiger partial charge in [0.25, 0.3) is 0 Å². The van der Waals surface area contributed by atoms with Crippen molar-refractivity contribution >= 4 is 5.78 Å². The van der Waals surface area contributed by atoms with Gasteiger partial charge in [-0.2, -0.15) is 0 Å². The number of carbonyl (C=O) groups excluding carboxylic acids is 1. The van der Waals surface area contributed by atoms with Gasteiger partial charge in [0.15, 0.2) is 5.78 Å². The molecule has 3 heteroatoms. The summed E-state index contributed by atoms with van der Waals surface area (Å²) >= 11 is 0. The number of hydrogen-bond donors (Lipinski definition) is 1. The topological polar surface area (TPSA) is 32.3 Å². The predicted octanol–water partition coefficient (Wildman–Crippen LogP) is 0.774. The molecule has 1 aromatic carbocycles. The number of rotatable bonds is 3. The van der Waals surface area contributed by atoms with Crippen LogP contribution in [0.15, 0.2) is 30.3 Å². The summed E-state index contributed by atoms with van der Waals surface area (Å²) < 4.78 is 0. The average Bonchev–Trinajstić information content (AvgIpc) is 2.21. The summed E-state index contributed by atoms with van der Waals surface area (Å²) in [5.41, 5.74) is 1.34. The monoisotopic (exact) mass is 216 g/mol. The average molecular weight is 216 g/mol. The van der Waals surface area contributed by atoms with Crippen molar-refractivity contribution in [2.45, 2.75) is 0 Å². The molecule has 84 valence electrons. The maximum absolute atomic E-state index is 11.9. The second kappa shape index (κ2) is 3.68. The minimum Gasteiger partial charge on any atom is -0.315 e. The number of nitrogens with zero attached hydrogens (tertiary/aromatic N) is 1. The van der Waals surface area contributed by atoms with Crippen LogP contribution in [0.1, 0.15) is 10.4 Å². The molecule has 1 N–H and O–H groups in total. The molecule has 3 nitrogen and oxygen atoms in total. The Balaban J connectivity index is 1.55. The first-order valence-electron chi connectivity index (χ1n) is 5.79. The number of ketones is 1. The third-order valence-corrected chi connectivity index (χ3v) is 3.58. The van der Waals surface area contributed by atoms with Crippen molar-refractivity contribution in [3.8, 4) is 0 Å². The number of Topliss-reactive ketones (excluding diaryl/α,β-unsaturated/α-hetero) is 1. The zero-order valence-corrected chi connectivity index (χ0v) is 9.28. The maximum Gasteiger partial charge on any atom is 0.176 e. The molecule has 1 aromatic rings. The molecule has 0 atom stereocenters. The Bertz CT molecular complexity index is 390. The predicted molar refractivity (Wildman–Crippen MR) is 62.5 cm³/mol. The fourth-order valence-electron chi connectivity index (χ4n) is 2.63. The van der Waals surface area contributed by atoms with E-state index >= 15 is 0 Å². The third-order valence-electron chi connectivity index (χ3n) is 3.58. The summed E-state index contributed by atoms with van der Waals surface area (Å²) in [4.78, 5) is 14.2. The van der Waals surface area contributed by atoms with E-state index in [1.54, 1.807) is 0 Å². The highest BCUT2D eigenvalue weighted by Crippen LogP contribution is 2.33. The fourth-order valence-corrected chi connectivity index (χ4v) is 2.63. The van der Waals surface area contributed by atoms with Crippen LogP contribution in [0, 0.1) is 5.41 Å². The molecular formula is C13H16N2O. The van der Waals surface area contributed by atoms with Gasteiger partial charge in [0, 0.05) is 37.2 Å². The molecule has 0 saturated carbocycles. The summed E-state index contributed by atoms with van der Waals surface area (Å²) in [6.45, 7) is 5.00. The van der Waals surface area contributed by atoms with E-state index in [2.05, 4.69) is 10.2 Å². The number of nitrogens with one attached hydrogen (secondary N) is 1. The highest BCUT2D eigenvalue weighted by atomic mass is 16.1. The number of hydrogen-bond acceptors (Lipinski definition) is 3. The molecule has 2 saturated heterocycles. The summed E-state index contributed by atoms with van der Waals surface area (Å²) in [6, 6.07) is 9.56. The lowest BCUT2D eigenvalue weighted by Crippen LogP contribution is -2.71. The Morgan fingerprint density at radius 3 is 2.50 bits per heavy atom. The Hall–Kier alpha value is -1.19. The molecule has 0 amide bonds. The minimum absolute atomic E-state index is 0.239. The van der Waals surface area contributed by atoms with E-state index in [1.165, 1.54) is 0 Å². The lowest BCUT2D eigenvalue weighted by molar-refractivity contribution is -0.0342. The Morgan fingerprint density at radius 2 is 1.94 bits per heavy atom. The first-order chi connectivity index (χ1) is 7.77. The molecule has 2 aliphatic rings. The van der Waals surface area contributed by atoms with Gasteiger partial charge in [0.2, 0.25) is 0 Å². The van der Waals surface area contributed by atoms with E-state index in [0.29, 0.717) is 12.0 Å². The van der Waals surface area contributed by atoms with Gasteiger partial charge in [-0.15, -0.1) is 0 Å². The molecule has 2 aliphatic heterocycles. The van der Waals surface area contributed by atoms with Gasteiger partial charge < -0.3 is 5.32 Å². The number of likely N-dealkylation sites (tertiary alicyclic amines) is 1. The zero-order valence-electron chi connectivity index (χ0n) is 9.28. The van der Waals surface area contributed by atoms with Crippen molar-refractivity contribution in [2.24, 2.45) is 5.41 Å². The zero-order chi connectivity index (χ0) is 11.0. The standard InChI is InChI=1S/C13H16N2O/c16-12(11-4-2-1-3-5-11)6-15-9-13(10-15)7-14-8-13/h1-5,14H,6-10H2. The Labute approximate surface area is 95.4 Å². The lowest BCUT2D eigenvalue weighted by atomic mass is 9.74. The second-order valence-corrected chi connectivity index (χ2v) is 5.04. The minimum atomic E-state index is 0.239. The van der Waals surface area contributed by atoms with Crippen molar-refractivity contribution < 1.29 is 4.79 Å². The highest BCUT2D eigenvalue weighted by molar-refractivity contribution is 5.97. The molecule has 3 rings (SSSR count). The summed E-state index contributed by atoms with van der Waals surface area (Å²) in [5, 5.41) is 3.30. The van der Waals surface area contributed by atoms with Crippen LogP contribution in [-0.4, -0.2) is 43.4 Å². The third kappa shape index (κ3) is 1.66. The van der Waals surface area contributed by atoms with Crippen LogP contribution in [-0.2, 0) is 0 Å². The normalized spacial score (nSPS) is 22.5. The van der Waals surface area contributed by atoms with Crippen LogP contribution < -0.4 is 5.32 Å². The molecule has 0 radical (unpaired) electrons. The van der Waals surface area contributed by atoms with Crippen LogP contribution in [0.3, 0.4) is 0 Å². The fraction of sp³-hybridized carbons (Fsp3) is 0.462. The molecule has 0 unspecified atom stereocenters. The largest absolute Gasteiger partial charge is 0.315 e. The Kier molecular flexibility index (Phi) is 2.30. The smallest absolute Gasteiger partial charge is 0.176 e. The van der Waals surface area contributed by atoms with E-state index in [1.807, 2.05) is 30.3 Å². The molecular weight excluding hydrogens is 200 g/mol. The molecule has 0 aromatic heterocycles. The first kappa shape index (κ1) is 10.00. The lowest BCUT2D eigenvalue weighted by Gasteiger charge is -2.56. The number of carbonyl (C=O) groups is 1. The van der Waals surface area contributed by atoms with Gasteiger partial charge in [0.1, 0.15) is 0 Å². The van der Waals surface area contributed by atoms with Crippen LogP contribution in [0.4, 0.5) is 0 Å². The quantitative estimate of drug-likeness (QED) is 0.758. The van der Waals surface area contributed by atoms with Crippen LogP contribution in [0.5, 0.6) is 0 Å². The summed E-state index contributed by atoms with van der Waals surface area (Å²) in [5.74, 6) is 0.239. The van der Waals surface area contributed by atoms with Gasteiger partial charge >= 0.3 is 0 Å².